The molecule has 0 radical (unpaired) electrons. The van der Waals surface area contributed by atoms with E-state index in [-0.39, 0.29) is 12.5 Å². The van der Waals surface area contributed by atoms with Gasteiger partial charge in [0.1, 0.15) is 11.5 Å². The first-order valence-corrected chi connectivity index (χ1v) is 9.25. The monoisotopic (exact) mass is 413 g/mol. The molecule has 0 saturated heterocycles. The standard InChI is InChI=1S/C21H20BrNO3/c1-2-25-17-8-5-6-15(12-17)13-23-20(24)14-26-19-11-10-16-7-3-4-9-18(16)21(19)22/h3-12H,2,13-14H2,1H3,(H,23,24). The van der Waals surface area contributed by atoms with Gasteiger partial charge in [0.05, 0.1) is 11.1 Å². The molecule has 0 aromatic heterocycles. The molecule has 0 fully saturated rings. The van der Waals surface area contributed by atoms with Crippen molar-refractivity contribution in [2.45, 2.75) is 13.5 Å². The molecule has 0 aliphatic carbocycles. The van der Waals surface area contributed by atoms with Gasteiger partial charge in [-0.2, -0.15) is 0 Å². The molecule has 0 saturated carbocycles. The largest absolute Gasteiger partial charge is 0.494 e. The zero-order valence-corrected chi connectivity index (χ0v) is 16.1. The first-order chi connectivity index (χ1) is 12.7. The SMILES string of the molecule is CCOc1cccc(CNC(=O)COc2ccc3ccccc3c2Br)c1. The summed E-state index contributed by atoms with van der Waals surface area (Å²) in [5.74, 6) is 1.28. The van der Waals surface area contributed by atoms with Crippen LogP contribution in [0.2, 0.25) is 0 Å². The Morgan fingerprint density at radius 3 is 2.73 bits per heavy atom. The Bertz CT molecular complexity index is 911. The van der Waals surface area contributed by atoms with Crippen LogP contribution in [0.3, 0.4) is 0 Å². The van der Waals surface area contributed by atoms with Crippen molar-refractivity contribution < 1.29 is 14.3 Å². The molecule has 1 N–H and O–H groups in total. The molecule has 3 rings (SSSR count). The summed E-state index contributed by atoms with van der Waals surface area (Å²) in [5, 5.41) is 5.03. The lowest BCUT2D eigenvalue weighted by Crippen LogP contribution is -2.28. The van der Waals surface area contributed by atoms with Crippen LogP contribution in [0, 0.1) is 0 Å². The highest BCUT2D eigenvalue weighted by Gasteiger charge is 2.08. The van der Waals surface area contributed by atoms with Gasteiger partial charge < -0.3 is 14.8 Å². The maximum atomic E-state index is 12.1. The number of hydrogen-bond donors (Lipinski definition) is 1. The number of halogens is 1. The summed E-state index contributed by atoms with van der Waals surface area (Å²) in [6.45, 7) is 2.95. The predicted molar refractivity (Wildman–Crippen MR) is 107 cm³/mol. The molecule has 0 atom stereocenters. The summed E-state index contributed by atoms with van der Waals surface area (Å²) in [6.07, 6.45) is 0. The number of rotatable bonds is 7. The van der Waals surface area contributed by atoms with Gasteiger partial charge in [-0.25, -0.2) is 0 Å². The van der Waals surface area contributed by atoms with E-state index >= 15 is 0 Å². The second kappa shape index (κ2) is 8.72. The van der Waals surface area contributed by atoms with Gasteiger partial charge in [0.2, 0.25) is 0 Å². The maximum absolute atomic E-state index is 12.1. The lowest BCUT2D eigenvalue weighted by molar-refractivity contribution is -0.123. The summed E-state index contributed by atoms with van der Waals surface area (Å²) < 4.78 is 12.0. The van der Waals surface area contributed by atoms with E-state index in [0.717, 1.165) is 26.6 Å². The van der Waals surface area contributed by atoms with Crippen LogP contribution < -0.4 is 14.8 Å². The highest BCUT2D eigenvalue weighted by Crippen LogP contribution is 2.32. The van der Waals surface area contributed by atoms with Gasteiger partial charge in [-0.05, 0) is 57.4 Å². The number of ether oxygens (including phenoxy) is 2. The zero-order valence-electron chi connectivity index (χ0n) is 14.5. The van der Waals surface area contributed by atoms with Crippen molar-refractivity contribution in [3.63, 3.8) is 0 Å². The number of carbonyl (C=O) groups excluding carboxylic acids is 1. The van der Waals surface area contributed by atoms with Gasteiger partial charge in [-0.3, -0.25) is 4.79 Å². The minimum Gasteiger partial charge on any atom is -0.494 e. The van der Waals surface area contributed by atoms with Crippen LogP contribution in [0.25, 0.3) is 10.8 Å². The van der Waals surface area contributed by atoms with Gasteiger partial charge in [0.25, 0.3) is 5.91 Å². The molecule has 134 valence electrons. The Kier molecular flexibility index (Phi) is 6.12. The van der Waals surface area contributed by atoms with Crippen molar-refractivity contribution in [2.75, 3.05) is 13.2 Å². The first kappa shape index (κ1) is 18.3. The quantitative estimate of drug-likeness (QED) is 0.610. The van der Waals surface area contributed by atoms with E-state index in [9.17, 15) is 4.79 Å². The van der Waals surface area contributed by atoms with Crippen LogP contribution >= 0.6 is 15.9 Å². The average molecular weight is 414 g/mol. The Morgan fingerprint density at radius 2 is 1.88 bits per heavy atom. The molecule has 0 aliphatic heterocycles. The molecule has 0 spiro atoms. The number of carbonyl (C=O) groups is 1. The molecular weight excluding hydrogens is 394 g/mol. The van der Waals surface area contributed by atoms with Crippen LogP contribution in [-0.4, -0.2) is 19.1 Å². The summed E-state index contributed by atoms with van der Waals surface area (Å²) in [7, 11) is 0. The van der Waals surface area contributed by atoms with E-state index in [1.807, 2.05) is 67.6 Å². The second-order valence-corrected chi connectivity index (χ2v) is 6.54. The minimum atomic E-state index is -0.174. The molecule has 26 heavy (non-hydrogen) atoms. The van der Waals surface area contributed by atoms with E-state index < -0.39 is 0 Å². The third-order valence-electron chi connectivity index (χ3n) is 3.89. The molecule has 4 nitrogen and oxygen atoms in total. The summed E-state index contributed by atoms with van der Waals surface area (Å²) in [6, 6.07) is 19.5. The molecule has 3 aromatic carbocycles. The number of nitrogens with one attached hydrogen (secondary N) is 1. The van der Waals surface area contributed by atoms with Crippen molar-refractivity contribution in [3.8, 4) is 11.5 Å². The fourth-order valence-corrected chi connectivity index (χ4v) is 3.24. The Morgan fingerprint density at radius 1 is 1.04 bits per heavy atom. The van der Waals surface area contributed by atoms with E-state index in [1.165, 1.54) is 0 Å². The molecule has 0 unspecified atom stereocenters. The maximum Gasteiger partial charge on any atom is 0.258 e. The molecule has 3 aromatic rings. The van der Waals surface area contributed by atoms with E-state index in [2.05, 4.69) is 21.2 Å². The predicted octanol–water partition coefficient (Wildman–Crippen LogP) is 4.70. The van der Waals surface area contributed by atoms with Crippen molar-refractivity contribution >= 4 is 32.6 Å². The van der Waals surface area contributed by atoms with Crippen molar-refractivity contribution in [1.82, 2.24) is 5.32 Å². The molecular formula is C21H20BrNO3. The normalized spacial score (nSPS) is 10.5. The molecule has 1 amide bonds. The van der Waals surface area contributed by atoms with E-state index in [0.29, 0.717) is 18.9 Å². The van der Waals surface area contributed by atoms with Gasteiger partial charge in [-0.1, -0.05) is 42.5 Å². The number of fused-ring (bicyclic) bond motifs is 1. The first-order valence-electron chi connectivity index (χ1n) is 8.46. The van der Waals surface area contributed by atoms with Gasteiger partial charge in [-0.15, -0.1) is 0 Å². The van der Waals surface area contributed by atoms with E-state index in [4.69, 9.17) is 9.47 Å². The highest BCUT2D eigenvalue weighted by molar-refractivity contribution is 9.10. The van der Waals surface area contributed by atoms with Crippen molar-refractivity contribution in [3.05, 3.63) is 70.7 Å². The fraction of sp³-hybridized carbons (Fsp3) is 0.190. The molecule has 0 aliphatic rings. The lowest BCUT2D eigenvalue weighted by Gasteiger charge is -2.11. The Balaban J connectivity index is 1.56. The number of hydrogen-bond acceptors (Lipinski definition) is 3. The van der Waals surface area contributed by atoms with Crippen LogP contribution in [0.5, 0.6) is 11.5 Å². The minimum absolute atomic E-state index is 0.0396. The van der Waals surface area contributed by atoms with E-state index in [1.54, 1.807) is 0 Å². The van der Waals surface area contributed by atoms with Gasteiger partial charge in [0, 0.05) is 6.54 Å². The summed E-state index contributed by atoms with van der Waals surface area (Å²) >= 11 is 3.56. The molecule has 0 bridgehead atoms. The fourth-order valence-electron chi connectivity index (χ4n) is 2.63. The zero-order chi connectivity index (χ0) is 18.4. The van der Waals surface area contributed by atoms with Crippen LogP contribution in [0.15, 0.2) is 65.1 Å². The van der Waals surface area contributed by atoms with Gasteiger partial charge in [0.15, 0.2) is 6.61 Å². The smallest absolute Gasteiger partial charge is 0.258 e. The average Bonchev–Trinajstić information content (AvgIpc) is 2.67. The van der Waals surface area contributed by atoms with Crippen LogP contribution in [0.1, 0.15) is 12.5 Å². The third-order valence-corrected chi connectivity index (χ3v) is 4.70. The number of amides is 1. The summed E-state index contributed by atoms with van der Waals surface area (Å²) in [5.41, 5.74) is 0.983. The van der Waals surface area contributed by atoms with Crippen LogP contribution in [0.4, 0.5) is 0 Å². The highest BCUT2D eigenvalue weighted by atomic mass is 79.9. The topological polar surface area (TPSA) is 47.6 Å². The lowest BCUT2D eigenvalue weighted by atomic mass is 10.1. The number of benzene rings is 3. The van der Waals surface area contributed by atoms with Gasteiger partial charge >= 0.3 is 0 Å². The third kappa shape index (κ3) is 4.55. The van der Waals surface area contributed by atoms with Crippen molar-refractivity contribution in [2.24, 2.45) is 0 Å². The van der Waals surface area contributed by atoms with Crippen LogP contribution in [-0.2, 0) is 11.3 Å². The molecule has 5 heteroatoms. The molecule has 0 heterocycles. The Labute approximate surface area is 161 Å². The van der Waals surface area contributed by atoms with Crippen molar-refractivity contribution in [1.29, 1.82) is 0 Å². The summed E-state index contributed by atoms with van der Waals surface area (Å²) in [4.78, 5) is 12.1. The Hall–Kier alpha value is -2.53. The second-order valence-electron chi connectivity index (χ2n) is 5.74.